The highest BCUT2D eigenvalue weighted by Crippen LogP contribution is 2.12. The van der Waals surface area contributed by atoms with Crippen LogP contribution in [0.4, 0.5) is 0 Å². The Bertz CT molecular complexity index is 663. The number of hydrogen-bond acceptors (Lipinski definition) is 2. The van der Waals surface area contributed by atoms with E-state index in [-0.39, 0.29) is 11.9 Å². The summed E-state index contributed by atoms with van der Waals surface area (Å²) in [7, 11) is 0. The Morgan fingerprint density at radius 3 is 2.48 bits per heavy atom. The van der Waals surface area contributed by atoms with Crippen molar-refractivity contribution in [3.05, 3.63) is 70.8 Å². The third kappa shape index (κ3) is 6.17. The van der Waals surface area contributed by atoms with E-state index in [0.29, 0.717) is 11.6 Å². The largest absolute Gasteiger partial charge is 0.491 e. The van der Waals surface area contributed by atoms with E-state index < -0.39 is 0 Å². The van der Waals surface area contributed by atoms with Crippen LogP contribution in [0.15, 0.2) is 54.6 Å². The number of hydrogen-bond donors (Lipinski definition) is 1. The molecule has 2 rings (SSSR count). The third-order valence-corrected chi connectivity index (χ3v) is 3.46. The molecule has 1 atom stereocenters. The highest BCUT2D eigenvalue weighted by Gasteiger charge is 2.05. The number of rotatable bonds is 6. The number of nitrogens with one attached hydrogen (secondary N) is 1. The van der Waals surface area contributed by atoms with Crippen molar-refractivity contribution in [1.82, 2.24) is 5.32 Å². The molecule has 0 aromatic heterocycles. The standard InChI is InChI=1S/C19H20ClNO2/c1-14-3-10-18(11-4-14)23-13-15(2)21-19(22)12-7-16-5-8-17(20)9-6-16/h3-12,15H,13H2,1-2H3,(H,21,22)/b12-7+/t15-/m0/s1. The number of carbonyl (C=O) groups is 1. The number of halogens is 1. The van der Waals surface area contributed by atoms with Gasteiger partial charge in [-0.2, -0.15) is 0 Å². The molecule has 23 heavy (non-hydrogen) atoms. The van der Waals surface area contributed by atoms with E-state index >= 15 is 0 Å². The summed E-state index contributed by atoms with van der Waals surface area (Å²) < 4.78 is 5.65. The zero-order valence-corrected chi connectivity index (χ0v) is 14.0. The number of benzene rings is 2. The van der Waals surface area contributed by atoms with Crippen LogP contribution in [0.25, 0.3) is 6.08 Å². The summed E-state index contributed by atoms with van der Waals surface area (Å²) in [5.74, 6) is 0.647. The van der Waals surface area contributed by atoms with Gasteiger partial charge in [-0.1, -0.05) is 41.4 Å². The second kappa shape index (κ2) is 8.39. The maximum atomic E-state index is 11.9. The molecule has 2 aromatic carbocycles. The van der Waals surface area contributed by atoms with E-state index in [0.717, 1.165) is 11.3 Å². The summed E-state index contributed by atoms with van der Waals surface area (Å²) >= 11 is 5.82. The lowest BCUT2D eigenvalue weighted by molar-refractivity contribution is -0.117. The van der Waals surface area contributed by atoms with E-state index in [1.165, 1.54) is 11.6 Å². The van der Waals surface area contributed by atoms with Crippen LogP contribution in [0.3, 0.4) is 0 Å². The molecule has 120 valence electrons. The fraction of sp³-hybridized carbons (Fsp3) is 0.211. The lowest BCUT2D eigenvalue weighted by atomic mass is 10.2. The maximum Gasteiger partial charge on any atom is 0.244 e. The molecule has 1 N–H and O–H groups in total. The second-order valence-electron chi connectivity index (χ2n) is 5.42. The fourth-order valence-electron chi connectivity index (χ4n) is 1.93. The number of amides is 1. The maximum absolute atomic E-state index is 11.9. The molecule has 3 nitrogen and oxygen atoms in total. The highest BCUT2D eigenvalue weighted by atomic mass is 35.5. The number of aryl methyl sites for hydroxylation is 1. The Balaban J connectivity index is 1.77. The molecule has 0 saturated carbocycles. The van der Waals surface area contributed by atoms with Gasteiger partial charge in [-0.05, 0) is 49.8 Å². The molecule has 0 fully saturated rings. The predicted molar refractivity (Wildman–Crippen MR) is 94.8 cm³/mol. The summed E-state index contributed by atoms with van der Waals surface area (Å²) in [5, 5.41) is 3.54. The van der Waals surface area contributed by atoms with Crippen LogP contribution in [0.2, 0.25) is 5.02 Å². The van der Waals surface area contributed by atoms with Crippen LogP contribution in [-0.2, 0) is 4.79 Å². The molecule has 0 aliphatic heterocycles. The first-order chi connectivity index (χ1) is 11.0. The lowest BCUT2D eigenvalue weighted by Crippen LogP contribution is -2.35. The average molecular weight is 330 g/mol. The van der Waals surface area contributed by atoms with Gasteiger partial charge in [-0.15, -0.1) is 0 Å². The Morgan fingerprint density at radius 1 is 1.17 bits per heavy atom. The quantitative estimate of drug-likeness (QED) is 0.805. The monoisotopic (exact) mass is 329 g/mol. The first-order valence-electron chi connectivity index (χ1n) is 7.46. The van der Waals surface area contributed by atoms with Crippen molar-refractivity contribution in [2.24, 2.45) is 0 Å². The van der Waals surface area contributed by atoms with Crippen LogP contribution in [0.5, 0.6) is 5.75 Å². The summed E-state index contributed by atoms with van der Waals surface area (Å²) in [6.45, 7) is 4.35. The Labute approximate surface area is 141 Å². The van der Waals surface area contributed by atoms with Crippen molar-refractivity contribution in [3.8, 4) is 5.75 Å². The molecular formula is C19H20ClNO2. The molecule has 1 amide bonds. The molecule has 0 radical (unpaired) electrons. The SMILES string of the molecule is Cc1ccc(OC[C@H](C)NC(=O)/C=C/c2ccc(Cl)cc2)cc1. The summed E-state index contributed by atoms with van der Waals surface area (Å²) in [5.41, 5.74) is 2.11. The van der Waals surface area contributed by atoms with Gasteiger partial charge in [0.1, 0.15) is 12.4 Å². The van der Waals surface area contributed by atoms with E-state index in [9.17, 15) is 4.79 Å². The smallest absolute Gasteiger partial charge is 0.244 e. The van der Waals surface area contributed by atoms with Crippen molar-refractivity contribution in [3.63, 3.8) is 0 Å². The lowest BCUT2D eigenvalue weighted by Gasteiger charge is -2.14. The average Bonchev–Trinajstić information content (AvgIpc) is 2.54. The van der Waals surface area contributed by atoms with Crippen molar-refractivity contribution in [2.45, 2.75) is 19.9 Å². The topological polar surface area (TPSA) is 38.3 Å². The van der Waals surface area contributed by atoms with Gasteiger partial charge in [0.25, 0.3) is 0 Å². The minimum absolute atomic E-state index is 0.0846. The normalized spacial score (nSPS) is 12.1. The Morgan fingerprint density at radius 2 is 1.83 bits per heavy atom. The molecule has 0 bridgehead atoms. The van der Waals surface area contributed by atoms with Gasteiger partial charge < -0.3 is 10.1 Å². The number of ether oxygens (including phenoxy) is 1. The van der Waals surface area contributed by atoms with Crippen molar-refractivity contribution < 1.29 is 9.53 Å². The first-order valence-corrected chi connectivity index (χ1v) is 7.84. The van der Waals surface area contributed by atoms with Crippen molar-refractivity contribution in [2.75, 3.05) is 6.61 Å². The van der Waals surface area contributed by atoms with Crippen LogP contribution < -0.4 is 10.1 Å². The van der Waals surface area contributed by atoms with Gasteiger partial charge in [-0.25, -0.2) is 0 Å². The summed E-state index contributed by atoms with van der Waals surface area (Å²) in [6, 6.07) is 15.0. The molecule has 0 saturated heterocycles. The van der Waals surface area contributed by atoms with Crippen molar-refractivity contribution in [1.29, 1.82) is 0 Å². The van der Waals surface area contributed by atoms with E-state index in [2.05, 4.69) is 5.32 Å². The molecule has 0 spiro atoms. The van der Waals surface area contributed by atoms with Gasteiger partial charge >= 0.3 is 0 Å². The minimum atomic E-state index is -0.153. The molecule has 0 heterocycles. The summed E-state index contributed by atoms with van der Waals surface area (Å²) in [6.07, 6.45) is 3.25. The van der Waals surface area contributed by atoms with E-state index in [1.54, 1.807) is 18.2 Å². The zero-order valence-electron chi connectivity index (χ0n) is 13.3. The molecule has 2 aromatic rings. The summed E-state index contributed by atoms with van der Waals surface area (Å²) in [4.78, 5) is 11.9. The zero-order chi connectivity index (χ0) is 16.7. The third-order valence-electron chi connectivity index (χ3n) is 3.21. The van der Waals surface area contributed by atoms with Gasteiger partial charge in [0.2, 0.25) is 5.91 Å². The highest BCUT2D eigenvalue weighted by molar-refractivity contribution is 6.30. The Kier molecular flexibility index (Phi) is 6.24. The van der Waals surface area contributed by atoms with Gasteiger partial charge in [0.15, 0.2) is 0 Å². The van der Waals surface area contributed by atoms with Crippen molar-refractivity contribution >= 4 is 23.6 Å². The number of carbonyl (C=O) groups excluding carboxylic acids is 1. The predicted octanol–water partition coefficient (Wildman–Crippen LogP) is 4.25. The molecule has 0 aliphatic carbocycles. The van der Waals surface area contributed by atoms with E-state index in [4.69, 9.17) is 16.3 Å². The molecule has 0 unspecified atom stereocenters. The van der Waals surface area contributed by atoms with Crippen LogP contribution in [-0.4, -0.2) is 18.6 Å². The molecule has 0 aliphatic rings. The Hall–Kier alpha value is -2.26. The second-order valence-corrected chi connectivity index (χ2v) is 5.86. The van der Waals surface area contributed by atoms with Crippen LogP contribution >= 0.6 is 11.6 Å². The molecule has 4 heteroatoms. The van der Waals surface area contributed by atoms with E-state index in [1.807, 2.05) is 50.2 Å². The van der Waals surface area contributed by atoms with Crippen LogP contribution in [0.1, 0.15) is 18.1 Å². The first kappa shape index (κ1) is 17.1. The van der Waals surface area contributed by atoms with Gasteiger partial charge in [0.05, 0.1) is 6.04 Å². The van der Waals surface area contributed by atoms with Crippen LogP contribution in [0, 0.1) is 6.92 Å². The fourth-order valence-corrected chi connectivity index (χ4v) is 2.06. The van der Waals surface area contributed by atoms with Gasteiger partial charge in [0, 0.05) is 11.1 Å². The minimum Gasteiger partial charge on any atom is -0.491 e. The molecular weight excluding hydrogens is 310 g/mol. The van der Waals surface area contributed by atoms with Gasteiger partial charge in [-0.3, -0.25) is 4.79 Å².